The van der Waals surface area contributed by atoms with E-state index in [-0.39, 0.29) is 30.1 Å². The molecule has 1 aliphatic carbocycles. The number of halogens is 3. The lowest BCUT2D eigenvalue weighted by Gasteiger charge is -2.16. The first-order chi connectivity index (χ1) is 15.4. The highest BCUT2D eigenvalue weighted by atomic mass is 32.2. The van der Waals surface area contributed by atoms with Crippen molar-refractivity contribution >= 4 is 17.7 Å². The molecule has 1 N–H and O–H groups in total. The van der Waals surface area contributed by atoms with Crippen LogP contribution in [-0.4, -0.2) is 32.5 Å². The summed E-state index contributed by atoms with van der Waals surface area (Å²) < 4.78 is 45.9. The van der Waals surface area contributed by atoms with Gasteiger partial charge >= 0.3 is 6.18 Å². The number of carbonyl (C=O) groups is 1. The first-order valence-electron chi connectivity index (χ1n) is 10.6. The minimum absolute atomic E-state index is 0.0446. The van der Waals surface area contributed by atoms with Crippen molar-refractivity contribution in [3.05, 3.63) is 48.3 Å². The molecule has 174 valence electrons. The van der Waals surface area contributed by atoms with E-state index in [9.17, 15) is 18.0 Å². The summed E-state index contributed by atoms with van der Waals surface area (Å²) in [5.74, 6) is 0.691. The molecule has 3 rings (SSSR count). The number of amides is 1. The molecule has 0 aliphatic heterocycles. The van der Waals surface area contributed by atoms with Crippen molar-refractivity contribution in [2.24, 2.45) is 0 Å². The van der Waals surface area contributed by atoms with Gasteiger partial charge in [-0.25, -0.2) is 0 Å². The van der Waals surface area contributed by atoms with E-state index in [1.165, 1.54) is 36.7 Å². The number of rotatable bonds is 9. The molecular formula is C22H27F3N4O2S. The Bertz CT molecular complexity index is 909. The van der Waals surface area contributed by atoms with E-state index in [2.05, 4.69) is 22.1 Å². The number of carbonyl (C=O) groups excluding carboxylic acids is 1. The fraction of sp³-hybridized carbons (Fsp3) is 0.500. The topological polar surface area (TPSA) is 69.0 Å². The van der Waals surface area contributed by atoms with E-state index in [4.69, 9.17) is 4.74 Å². The molecular weight excluding hydrogens is 441 g/mol. The molecule has 1 saturated carbocycles. The van der Waals surface area contributed by atoms with Gasteiger partial charge in [0, 0.05) is 12.6 Å². The average molecular weight is 469 g/mol. The fourth-order valence-corrected chi connectivity index (χ4v) is 4.36. The first kappa shape index (κ1) is 24.2. The Hall–Kier alpha value is -2.49. The molecule has 0 spiro atoms. The second-order valence-corrected chi connectivity index (χ2v) is 8.60. The van der Waals surface area contributed by atoms with Gasteiger partial charge in [0.15, 0.2) is 11.0 Å². The van der Waals surface area contributed by atoms with Gasteiger partial charge in [-0.3, -0.25) is 9.36 Å². The molecule has 10 heteroatoms. The maximum atomic E-state index is 12.9. The minimum Gasteiger partial charge on any atom is -0.486 e. The van der Waals surface area contributed by atoms with Gasteiger partial charge in [0.1, 0.15) is 12.4 Å². The first-order valence-corrected chi connectivity index (χ1v) is 11.6. The molecule has 32 heavy (non-hydrogen) atoms. The van der Waals surface area contributed by atoms with Crippen LogP contribution in [0, 0.1) is 0 Å². The molecule has 1 aromatic carbocycles. The van der Waals surface area contributed by atoms with E-state index in [0.717, 1.165) is 37.8 Å². The van der Waals surface area contributed by atoms with Gasteiger partial charge in [-0.15, -0.1) is 16.8 Å². The summed E-state index contributed by atoms with van der Waals surface area (Å²) in [6.45, 7) is 4.06. The van der Waals surface area contributed by atoms with Gasteiger partial charge in [0.05, 0.1) is 11.3 Å². The molecule has 0 radical (unpaired) electrons. The third-order valence-electron chi connectivity index (χ3n) is 5.19. The lowest BCUT2D eigenvalue weighted by Crippen LogP contribution is -2.35. The number of aromatic nitrogens is 3. The molecule has 0 saturated heterocycles. The molecule has 2 aromatic rings. The van der Waals surface area contributed by atoms with Crippen LogP contribution in [0.1, 0.15) is 49.9 Å². The number of thioether (sulfide) groups is 1. The lowest BCUT2D eigenvalue weighted by molar-refractivity contribution is -0.137. The summed E-state index contributed by atoms with van der Waals surface area (Å²) in [4.78, 5) is 12.4. The molecule has 1 aliphatic rings. The Kier molecular flexibility index (Phi) is 8.60. The van der Waals surface area contributed by atoms with Crippen LogP contribution in [0.25, 0.3) is 0 Å². The number of alkyl halides is 3. The van der Waals surface area contributed by atoms with Crippen LogP contribution in [0.2, 0.25) is 0 Å². The van der Waals surface area contributed by atoms with E-state index in [0.29, 0.717) is 17.5 Å². The van der Waals surface area contributed by atoms with Crippen molar-refractivity contribution in [3.63, 3.8) is 0 Å². The zero-order valence-electron chi connectivity index (χ0n) is 17.7. The maximum Gasteiger partial charge on any atom is 0.416 e. The number of benzene rings is 1. The summed E-state index contributed by atoms with van der Waals surface area (Å²) in [7, 11) is 0. The van der Waals surface area contributed by atoms with Crippen LogP contribution < -0.4 is 10.1 Å². The van der Waals surface area contributed by atoms with E-state index < -0.39 is 11.7 Å². The van der Waals surface area contributed by atoms with Crippen LogP contribution in [0.4, 0.5) is 13.2 Å². The summed E-state index contributed by atoms with van der Waals surface area (Å²) in [5.41, 5.74) is -0.779. The van der Waals surface area contributed by atoms with E-state index >= 15 is 0 Å². The summed E-state index contributed by atoms with van der Waals surface area (Å²) in [6, 6.07) is 4.91. The van der Waals surface area contributed by atoms with Crippen molar-refractivity contribution in [2.75, 3.05) is 5.75 Å². The Balaban J connectivity index is 1.58. The van der Waals surface area contributed by atoms with Crippen LogP contribution >= 0.6 is 11.8 Å². The molecule has 1 heterocycles. The minimum atomic E-state index is -4.44. The zero-order chi connectivity index (χ0) is 23.0. The Morgan fingerprint density at radius 1 is 1.25 bits per heavy atom. The third kappa shape index (κ3) is 7.01. The van der Waals surface area contributed by atoms with Crippen molar-refractivity contribution in [3.8, 4) is 5.75 Å². The van der Waals surface area contributed by atoms with E-state index in [1.54, 1.807) is 10.6 Å². The van der Waals surface area contributed by atoms with Crippen molar-refractivity contribution in [1.82, 2.24) is 20.1 Å². The Morgan fingerprint density at radius 3 is 2.69 bits per heavy atom. The third-order valence-corrected chi connectivity index (χ3v) is 6.15. The standard InChI is InChI=1S/C22H27F3N4O2S/c1-2-12-29-19(14-31-18-11-7-8-16(13-18)22(23,24)25)27-28-21(29)32-15-20(30)26-17-9-5-3-4-6-10-17/h2,7-8,11,13,17H,1,3-6,9-10,12,14-15H2,(H,26,30). The highest BCUT2D eigenvalue weighted by molar-refractivity contribution is 7.99. The molecule has 1 fully saturated rings. The molecule has 0 atom stereocenters. The van der Waals surface area contributed by atoms with Crippen molar-refractivity contribution in [1.29, 1.82) is 0 Å². The second kappa shape index (κ2) is 11.4. The second-order valence-electron chi connectivity index (χ2n) is 7.66. The monoisotopic (exact) mass is 468 g/mol. The van der Waals surface area contributed by atoms with Gasteiger partial charge in [-0.05, 0) is 31.0 Å². The molecule has 6 nitrogen and oxygen atoms in total. The van der Waals surface area contributed by atoms with Crippen molar-refractivity contribution in [2.45, 2.75) is 69.1 Å². The molecule has 0 unspecified atom stereocenters. The van der Waals surface area contributed by atoms with Crippen LogP contribution in [0.5, 0.6) is 5.75 Å². The SMILES string of the molecule is C=CCn1c(COc2cccc(C(F)(F)F)c2)nnc1SCC(=O)NC1CCCCCC1. The van der Waals surface area contributed by atoms with Gasteiger partial charge < -0.3 is 10.1 Å². The van der Waals surface area contributed by atoms with Crippen molar-refractivity contribution < 1.29 is 22.7 Å². The number of allylic oxidation sites excluding steroid dienone is 1. The number of hydrogen-bond donors (Lipinski definition) is 1. The predicted octanol–water partition coefficient (Wildman–Crippen LogP) is 4.99. The molecule has 0 bridgehead atoms. The summed E-state index contributed by atoms with van der Waals surface area (Å²) in [5, 5.41) is 11.8. The Morgan fingerprint density at radius 2 is 2.00 bits per heavy atom. The fourth-order valence-electron chi connectivity index (χ4n) is 3.58. The van der Waals surface area contributed by atoms with E-state index in [1.807, 2.05) is 0 Å². The largest absolute Gasteiger partial charge is 0.486 e. The van der Waals surface area contributed by atoms with Gasteiger partial charge in [-0.2, -0.15) is 13.2 Å². The highest BCUT2D eigenvalue weighted by Crippen LogP contribution is 2.31. The number of hydrogen-bond acceptors (Lipinski definition) is 5. The predicted molar refractivity (Wildman–Crippen MR) is 116 cm³/mol. The van der Waals surface area contributed by atoms with Crippen LogP contribution in [0.15, 0.2) is 42.1 Å². The van der Waals surface area contributed by atoms with Gasteiger partial charge in [0.2, 0.25) is 5.91 Å². The lowest BCUT2D eigenvalue weighted by atomic mass is 10.1. The van der Waals surface area contributed by atoms with Gasteiger partial charge in [-0.1, -0.05) is 49.6 Å². The maximum absolute atomic E-state index is 12.9. The Labute approximate surface area is 189 Å². The average Bonchev–Trinajstić information content (AvgIpc) is 2.95. The van der Waals surface area contributed by atoms with Crippen LogP contribution in [-0.2, 0) is 24.1 Å². The van der Waals surface area contributed by atoms with Gasteiger partial charge in [0.25, 0.3) is 0 Å². The summed E-state index contributed by atoms with van der Waals surface area (Å²) >= 11 is 1.26. The normalized spacial score (nSPS) is 15.2. The number of nitrogens with one attached hydrogen (secondary N) is 1. The molecule has 1 amide bonds. The molecule has 1 aromatic heterocycles. The summed E-state index contributed by atoms with van der Waals surface area (Å²) in [6.07, 6.45) is 3.96. The number of nitrogens with zero attached hydrogens (tertiary/aromatic N) is 3. The van der Waals surface area contributed by atoms with Crippen LogP contribution in [0.3, 0.4) is 0 Å². The number of ether oxygens (including phenoxy) is 1. The zero-order valence-corrected chi connectivity index (χ0v) is 18.6. The highest BCUT2D eigenvalue weighted by Gasteiger charge is 2.30. The quantitative estimate of drug-likeness (QED) is 0.319. The smallest absolute Gasteiger partial charge is 0.416 e.